The number of aliphatic hydroxyl groups excluding tert-OH is 3. The summed E-state index contributed by atoms with van der Waals surface area (Å²) in [5, 5.41) is 31.0. The summed E-state index contributed by atoms with van der Waals surface area (Å²) >= 11 is 0. The molecule has 0 amide bonds. The summed E-state index contributed by atoms with van der Waals surface area (Å²) in [5.74, 6) is 1.52. The second-order valence-electron chi connectivity index (χ2n) is 8.86. The molecule has 0 spiro atoms. The van der Waals surface area contributed by atoms with E-state index in [1.165, 1.54) is 5.57 Å². The van der Waals surface area contributed by atoms with Crippen molar-refractivity contribution in [2.45, 2.75) is 64.1 Å². The Kier molecular flexibility index (Phi) is 3.57. The maximum atomic E-state index is 10.6. The van der Waals surface area contributed by atoms with Gasteiger partial charge in [-0.05, 0) is 68.3 Å². The van der Waals surface area contributed by atoms with Gasteiger partial charge in [0.25, 0.3) is 0 Å². The molecule has 3 N–H and O–H groups in total. The molecule has 3 saturated carbocycles. The van der Waals surface area contributed by atoms with Crippen molar-refractivity contribution in [3.05, 3.63) is 23.8 Å². The second kappa shape index (κ2) is 5.18. The highest BCUT2D eigenvalue weighted by molar-refractivity contribution is 5.29. The van der Waals surface area contributed by atoms with Crippen molar-refractivity contribution in [3.8, 4) is 0 Å². The summed E-state index contributed by atoms with van der Waals surface area (Å²) in [7, 11) is 0. The Morgan fingerprint density at radius 1 is 1.17 bits per heavy atom. The normalized spacial score (nSPS) is 52.4. The molecule has 3 fully saturated rings. The summed E-state index contributed by atoms with van der Waals surface area (Å²) in [4.78, 5) is 0. The number of aliphatic hydroxyl groups is 3. The molecule has 0 saturated heterocycles. The molecule has 0 aromatic carbocycles. The molecule has 0 heterocycles. The fourth-order valence-electron chi connectivity index (χ4n) is 6.66. The molecular weight excluding hydrogens is 288 g/mol. The third-order valence-electron chi connectivity index (χ3n) is 8.02. The minimum absolute atomic E-state index is 0.0333. The molecular formula is C20H30O3. The highest BCUT2D eigenvalue weighted by atomic mass is 16.3. The first-order valence-corrected chi connectivity index (χ1v) is 9.26. The van der Waals surface area contributed by atoms with Gasteiger partial charge in [-0.15, -0.1) is 0 Å². The molecule has 0 aromatic heterocycles. The van der Waals surface area contributed by atoms with Crippen LogP contribution in [0, 0.1) is 28.6 Å². The van der Waals surface area contributed by atoms with E-state index in [1.807, 2.05) is 0 Å². The zero-order chi connectivity index (χ0) is 16.4. The van der Waals surface area contributed by atoms with Crippen molar-refractivity contribution >= 4 is 0 Å². The van der Waals surface area contributed by atoms with Gasteiger partial charge in [0.2, 0.25) is 0 Å². The summed E-state index contributed by atoms with van der Waals surface area (Å²) < 4.78 is 0. The van der Waals surface area contributed by atoms with Crippen LogP contribution in [0.1, 0.15) is 51.9 Å². The maximum Gasteiger partial charge on any atom is 0.0804 e. The standard InChI is InChI=1S/C20H30O3/c1-12-9-17-15-4-3-13-10-14(22)5-8-20(13,11-21)16(15)6-7-19(17,2)18(12)23/h3,14-18,21-23H,1,4-11H2,2H3/t14-,15?,16?,17?,18-,19-,20+/m0/s1. The fourth-order valence-corrected chi connectivity index (χ4v) is 6.66. The summed E-state index contributed by atoms with van der Waals surface area (Å²) in [5.41, 5.74) is 2.17. The van der Waals surface area contributed by atoms with Crippen LogP contribution in [0.4, 0.5) is 0 Å². The first-order chi connectivity index (χ1) is 10.9. The van der Waals surface area contributed by atoms with Crippen molar-refractivity contribution in [2.24, 2.45) is 28.6 Å². The monoisotopic (exact) mass is 318 g/mol. The van der Waals surface area contributed by atoms with E-state index in [-0.39, 0.29) is 29.6 Å². The minimum atomic E-state index is -0.364. The first kappa shape index (κ1) is 15.9. The van der Waals surface area contributed by atoms with Crippen LogP contribution in [0.15, 0.2) is 23.8 Å². The van der Waals surface area contributed by atoms with Gasteiger partial charge in [-0.3, -0.25) is 0 Å². The zero-order valence-electron chi connectivity index (χ0n) is 14.2. The van der Waals surface area contributed by atoms with Crippen LogP contribution in [0.2, 0.25) is 0 Å². The molecule has 0 aromatic rings. The van der Waals surface area contributed by atoms with Crippen molar-refractivity contribution in [1.29, 1.82) is 0 Å². The van der Waals surface area contributed by atoms with Gasteiger partial charge in [0, 0.05) is 10.8 Å². The third kappa shape index (κ3) is 1.99. The Balaban J connectivity index is 1.72. The van der Waals surface area contributed by atoms with Gasteiger partial charge in [-0.1, -0.05) is 25.2 Å². The molecule has 128 valence electrons. The van der Waals surface area contributed by atoms with Gasteiger partial charge < -0.3 is 15.3 Å². The van der Waals surface area contributed by atoms with E-state index < -0.39 is 0 Å². The maximum absolute atomic E-state index is 10.6. The molecule has 3 nitrogen and oxygen atoms in total. The van der Waals surface area contributed by atoms with Crippen molar-refractivity contribution in [1.82, 2.24) is 0 Å². The van der Waals surface area contributed by atoms with Crippen molar-refractivity contribution in [2.75, 3.05) is 6.61 Å². The van der Waals surface area contributed by atoms with Gasteiger partial charge in [0.1, 0.15) is 0 Å². The van der Waals surface area contributed by atoms with E-state index in [0.29, 0.717) is 17.8 Å². The fraction of sp³-hybridized carbons (Fsp3) is 0.800. The van der Waals surface area contributed by atoms with Crippen molar-refractivity contribution in [3.63, 3.8) is 0 Å². The summed E-state index contributed by atoms with van der Waals surface area (Å²) in [6.07, 6.45) is 8.24. The molecule has 0 aliphatic heterocycles. The largest absolute Gasteiger partial charge is 0.395 e. The SMILES string of the molecule is C=C1CC2C3CC=C4C[C@@H](O)CC[C@]4(CO)C3CC[C@]2(C)[C@H]1O. The Morgan fingerprint density at radius 2 is 1.96 bits per heavy atom. The molecule has 4 rings (SSSR count). The Morgan fingerprint density at radius 3 is 2.70 bits per heavy atom. The quantitative estimate of drug-likeness (QED) is 0.652. The first-order valence-electron chi connectivity index (χ1n) is 9.26. The summed E-state index contributed by atoms with van der Waals surface area (Å²) in [6.45, 7) is 6.57. The third-order valence-corrected chi connectivity index (χ3v) is 8.02. The lowest BCUT2D eigenvalue weighted by Crippen LogP contribution is -2.53. The Hall–Kier alpha value is -0.640. The molecule has 4 aliphatic carbocycles. The van der Waals surface area contributed by atoms with Crippen LogP contribution < -0.4 is 0 Å². The second-order valence-corrected chi connectivity index (χ2v) is 8.86. The smallest absolute Gasteiger partial charge is 0.0804 e. The molecule has 3 heteroatoms. The van der Waals surface area contributed by atoms with Gasteiger partial charge in [0.15, 0.2) is 0 Å². The van der Waals surface area contributed by atoms with E-state index in [9.17, 15) is 15.3 Å². The number of rotatable bonds is 1. The van der Waals surface area contributed by atoms with Crippen LogP contribution in [-0.2, 0) is 0 Å². The molecule has 0 bridgehead atoms. The molecule has 23 heavy (non-hydrogen) atoms. The highest BCUT2D eigenvalue weighted by Crippen LogP contribution is 2.65. The number of allylic oxidation sites excluding steroid dienone is 1. The minimum Gasteiger partial charge on any atom is -0.395 e. The molecule has 0 radical (unpaired) electrons. The number of fused-ring (bicyclic) bond motifs is 5. The van der Waals surface area contributed by atoms with Crippen LogP contribution in [0.5, 0.6) is 0 Å². The van der Waals surface area contributed by atoms with E-state index in [1.54, 1.807) is 0 Å². The van der Waals surface area contributed by atoms with Crippen LogP contribution in [0.25, 0.3) is 0 Å². The molecule has 4 aliphatic rings. The van der Waals surface area contributed by atoms with Crippen molar-refractivity contribution < 1.29 is 15.3 Å². The number of hydrogen-bond donors (Lipinski definition) is 3. The summed E-state index contributed by atoms with van der Waals surface area (Å²) in [6, 6.07) is 0. The average molecular weight is 318 g/mol. The van der Waals surface area contributed by atoms with Gasteiger partial charge in [0.05, 0.1) is 18.8 Å². The molecule has 7 atom stereocenters. The van der Waals surface area contributed by atoms with Crippen LogP contribution >= 0.6 is 0 Å². The van der Waals surface area contributed by atoms with Gasteiger partial charge in [-0.25, -0.2) is 0 Å². The highest BCUT2D eigenvalue weighted by Gasteiger charge is 2.60. The predicted octanol–water partition coefficient (Wildman–Crippen LogP) is 2.81. The van der Waals surface area contributed by atoms with Gasteiger partial charge >= 0.3 is 0 Å². The number of hydrogen-bond acceptors (Lipinski definition) is 3. The lowest BCUT2D eigenvalue weighted by atomic mass is 9.47. The van der Waals surface area contributed by atoms with E-state index in [2.05, 4.69) is 19.6 Å². The van der Waals surface area contributed by atoms with Crippen LogP contribution in [0.3, 0.4) is 0 Å². The average Bonchev–Trinajstić information content (AvgIpc) is 2.78. The lowest BCUT2D eigenvalue weighted by Gasteiger charge is -2.58. The Bertz CT molecular complexity index is 553. The van der Waals surface area contributed by atoms with Gasteiger partial charge in [-0.2, -0.15) is 0 Å². The van der Waals surface area contributed by atoms with Crippen LogP contribution in [-0.4, -0.2) is 34.1 Å². The zero-order valence-corrected chi connectivity index (χ0v) is 14.2. The molecule has 3 unspecified atom stereocenters. The predicted molar refractivity (Wildman–Crippen MR) is 89.7 cm³/mol. The Labute approximate surface area is 139 Å². The topological polar surface area (TPSA) is 60.7 Å². The van der Waals surface area contributed by atoms with E-state index >= 15 is 0 Å². The lowest BCUT2D eigenvalue weighted by molar-refractivity contribution is -0.0872. The van der Waals surface area contributed by atoms with E-state index in [4.69, 9.17) is 0 Å². The van der Waals surface area contributed by atoms with E-state index in [0.717, 1.165) is 50.5 Å².